The lowest BCUT2D eigenvalue weighted by molar-refractivity contribution is -0.144. The predicted octanol–water partition coefficient (Wildman–Crippen LogP) is 4.39. The van der Waals surface area contributed by atoms with E-state index in [1.54, 1.807) is 17.0 Å². The molecule has 3 rings (SSSR count). The Morgan fingerprint density at radius 1 is 1.15 bits per heavy atom. The summed E-state index contributed by atoms with van der Waals surface area (Å²) < 4.78 is 13.9. The Morgan fingerprint density at radius 3 is 2.50 bits per heavy atom. The van der Waals surface area contributed by atoms with Gasteiger partial charge in [-0.05, 0) is 37.3 Å². The zero-order valence-electron chi connectivity index (χ0n) is 20.7. The fourth-order valence-electron chi connectivity index (χ4n) is 5.04. The lowest BCUT2D eigenvalue weighted by Crippen LogP contribution is -2.60. The van der Waals surface area contributed by atoms with Crippen LogP contribution in [0.2, 0.25) is 0 Å². The van der Waals surface area contributed by atoms with Gasteiger partial charge in [0.1, 0.15) is 11.9 Å². The minimum atomic E-state index is -0.728. The molecule has 4 amide bonds. The van der Waals surface area contributed by atoms with Crippen LogP contribution in [0.3, 0.4) is 0 Å². The molecule has 0 spiro atoms. The summed E-state index contributed by atoms with van der Waals surface area (Å²) >= 11 is 0. The lowest BCUT2D eigenvalue weighted by Gasteiger charge is -2.41. The zero-order chi connectivity index (χ0) is 24.7. The normalized spacial score (nSPS) is 20.6. The van der Waals surface area contributed by atoms with Gasteiger partial charge in [0.2, 0.25) is 11.8 Å². The first kappa shape index (κ1) is 26.0. The largest absolute Gasteiger partial charge is 0.337 e. The van der Waals surface area contributed by atoms with Crippen LogP contribution in [-0.4, -0.2) is 59.4 Å². The highest BCUT2D eigenvalue weighted by atomic mass is 19.1. The first-order valence-corrected chi connectivity index (χ1v) is 12.7. The molecule has 7 nitrogen and oxygen atoms in total. The highest BCUT2D eigenvalue weighted by Gasteiger charge is 2.35. The molecule has 3 unspecified atom stereocenters. The molecule has 0 aromatic heterocycles. The molecule has 3 atom stereocenters. The average Bonchev–Trinajstić information content (AvgIpc) is 3.35. The van der Waals surface area contributed by atoms with Crippen LogP contribution in [0.1, 0.15) is 65.7 Å². The maximum atomic E-state index is 13.9. The quantitative estimate of drug-likeness (QED) is 0.586. The molecule has 34 heavy (non-hydrogen) atoms. The lowest BCUT2D eigenvalue weighted by atomic mass is 9.97. The Bertz CT molecular complexity index is 858. The number of carbonyl (C=O) groups is 3. The highest BCUT2D eigenvalue weighted by molar-refractivity contribution is 5.94. The van der Waals surface area contributed by atoms with Gasteiger partial charge in [0.15, 0.2) is 0 Å². The molecule has 2 aliphatic rings. The van der Waals surface area contributed by atoms with Crippen molar-refractivity contribution in [2.24, 2.45) is 11.8 Å². The number of para-hydroxylation sites is 1. The number of rotatable bonds is 8. The van der Waals surface area contributed by atoms with E-state index < -0.39 is 17.9 Å². The number of hydrogen-bond acceptors (Lipinski definition) is 3. The van der Waals surface area contributed by atoms with E-state index in [-0.39, 0.29) is 29.5 Å². The highest BCUT2D eigenvalue weighted by Crippen LogP contribution is 2.29. The summed E-state index contributed by atoms with van der Waals surface area (Å²) in [6, 6.07) is 4.50. The summed E-state index contributed by atoms with van der Waals surface area (Å²) in [5.74, 6) is 0.0576. The number of amides is 4. The van der Waals surface area contributed by atoms with Crippen LogP contribution in [0.5, 0.6) is 0 Å². The second kappa shape index (κ2) is 12.2. The Hall–Kier alpha value is -2.64. The van der Waals surface area contributed by atoms with Gasteiger partial charge in [0.05, 0.1) is 5.69 Å². The Balaban J connectivity index is 1.56. The first-order valence-electron chi connectivity index (χ1n) is 12.7. The van der Waals surface area contributed by atoms with Crippen LogP contribution in [-0.2, 0) is 9.59 Å². The molecule has 2 fully saturated rings. The molecule has 1 aromatic carbocycles. The smallest absolute Gasteiger partial charge is 0.319 e. The van der Waals surface area contributed by atoms with Crippen LogP contribution >= 0.6 is 0 Å². The van der Waals surface area contributed by atoms with E-state index in [1.165, 1.54) is 37.8 Å². The molecule has 1 heterocycles. The molecule has 188 valence electrons. The second-order valence-electron chi connectivity index (χ2n) is 9.85. The van der Waals surface area contributed by atoms with Crippen LogP contribution < -0.4 is 10.6 Å². The summed E-state index contributed by atoms with van der Waals surface area (Å²) in [5, 5.41) is 5.25. The molecule has 2 N–H and O–H groups in total. The van der Waals surface area contributed by atoms with E-state index in [9.17, 15) is 18.8 Å². The summed E-state index contributed by atoms with van der Waals surface area (Å²) in [5.41, 5.74) is 0.0636. The summed E-state index contributed by atoms with van der Waals surface area (Å²) in [4.78, 5) is 42.4. The molecule has 0 radical (unpaired) electrons. The van der Waals surface area contributed by atoms with E-state index in [0.29, 0.717) is 38.4 Å². The van der Waals surface area contributed by atoms with Crippen LogP contribution in [0.15, 0.2) is 24.3 Å². The number of carbonyl (C=O) groups excluding carboxylic acids is 3. The van der Waals surface area contributed by atoms with Gasteiger partial charge in [-0.2, -0.15) is 0 Å². The predicted molar refractivity (Wildman–Crippen MR) is 131 cm³/mol. The van der Waals surface area contributed by atoms with Crippen molar-refractivity contribution in [2.75, 3.05) is 25.0 Å². The number of anilines is 1. The molecule has 0 bridgehead atoms. The van der Waals surface area contributed by atoms with Crippen molar-refractivity contribution in [1.29, 1.82) is 0 Å². The summed E-state index contributed by atoms with van der Waals surface area (Å²) in [6.07, 6.45) is 7.27. The van der Waals surface area contributed by atoms with E-state index in [2.05, 4.69) is 10.6 Å². The minimum Gasteiger partial charge on any atom is -0.337 e. The Kier molecular flexibility index (Phi) is 9.30. The molecule has 8 heteroatoms. The van der Waals surface area contributed by atoms with Crippen molar-refractivity contribution in [1.82, 2.24) is 15.1 Å². The summed E-state index contributed by atoms with van der Waals surface area (Å²) in [6.45, 7) is 7.25. The van der Waals surface area contributed by atoms with Gasteiger partial charge < -0.3 is 20.4 Å². The van der Waals surface area contributed by atoms with Crippen LogP contribution in [0.25, 0.3) is 0 Å². The molecule has 1 saturated carbocycles. The van der Waals surface area contributed by atoms with Crippen molar-refractivity contribution in [3.8, 4) is 0 Å². The topological polar surface area (TPSA) is 81.8 Å². The maximum Gasteiger partial charge on any atom is 0.319 e. The van der Waals surface area contributed by atoms with Gasteiger partial charge in [0.25, 0.3) is 0 Å². The first-order chi connectivity index (χ1) is 16.3. The second-order valence-corrected chi connectivity index (χ2v) is 9.85. The van der Waals surface area contributed by atoms with Gasteiger partial charge in [-0.15, -0.1) is 0 Å². The number of urea groups is 1. The van der Waals surface area contributed by atoms with E-state index in [1.807, 2.05) is 25.7 Å². The van der Waals surface area contributed by atoms with Gasteiger partial charge in [-0.3, -0.25) is 9.59 Å². The number of hydrogen-bond donors (Lipinski definition) is 2. The third-order valence-electron chi connectivity index (χ3n) is 7.39. The van der Waals surface area contributed by atoms with Crippen molar-refractivity contribution in [3.05, 3.63) is 30.1 Å². The van der Waals surface area contributed by atoms with E-state index in [4.69, 9.17) is 0 Å². The molecule has 1 aliphatic heterocycles. The molecule has 1 saturated heterocycles. The number of piperazine rings is 1. The van der Waals surface area contributed by atoms with Gasteiger partial charge in [-0.25, -0.2) is 9.18 Å². The average molecular weight is 475 g/mol. The molecule has 1 aliphatic carbocycles. The number of halogens is 1. The number of nitrogens with zero attached hydrogens (tertiary/aromatic N) is 2. The standard InChI is InChI=1S/C26H39FN4O3/c1-4-18(2)24(29-26(34)28-22-12-8-7-11-21(22)27)25(33)30-15-16-31(19(3)17-30)23(32)14-13-20-9-5-6-10-20/h7-8,11-12,18-20,24H,4-6,9-10,13-17H2,1-3H3,(H2,28,29,34). The number of nitrogens with one attached hydrogen (secondary N) is 2. The fourth-order valence-corrected chi connectivity index (χ4v) is 5.04. The monoisotopic (exact) mass is 474 g/mol. The summed E-state index contributed by atoms with van der Waals surface area (Å²) in [7, 11) is 0. The van der Waals surface area contributed by atoms with Crippen molar-refractivity contribution >= 4 is 23.5 Å². The maximum absolute atomic E-state index is 13.9. The van der Waals surface area contributed by atoms with Crippen LogP contribution in [0, 0.1) is 17.7 Å². The number of benzene rings is 1. The Morgan fingerprint density at radius 2 is 1.85 bits per heavy atom. The molecule has 1 aromatic rings. The SMILES string of the molecule is CCC(C)C(NC(=O)Nc1ccccc1F)C(=O)N1CCN(C(=O)CCC2CCCC2)C(C)C1. The van der Waals surface area contributed by atoms with Crippen LogP contribution in [0.4, 0.5) is 14.9 Å². The van der Waals surface area contributed by atoms with Gasteiger partial charge >= 0.3 is 6.03 Å². The zero-order valence-corrected chi connectivity index (χ0v) is 20.7. The minimum absolute atomic E-state index is 0.0636. The van der Waals surface area contributed by atoms with Crippen molar-refractivity contribution in [2.45, 2.75) is 77.8 Å². The third kappa shape index (κ3) is 6.70. The fraction of sp³-hybridized carbons (Fsp3) is 0.654. The molecular formula is C26H39FN4O3. The third-order valence-corrected chi connectivity index (χ3v) is 7.39. The molecular weight excluding hydrogens is 435 g/mol. The van der Waals surface area contributed by atoms with E-state index in [0.717, 1.165) is 6.42 Å². The van der Waals surface area contributed by atoms with Crippen molar-refractivity contribution < 1.29 is 18.8 Å². The van der Waals surface area contributed by atoms with Crippen molar-refractivity contribution in [3.63, 3.8) is 0 Å². The van der Waals surface area contributed by atoms with Gasteiger partial charge in [-0.1, -0.05) is 58.1 Å². The van der Waals surface area contributed by atoms with Gasteiger partial charge in [0, 0.05) is 32.1 Å². The Labute approximate surface area is 202 Å². The van der Waals surface area contributed by atoms with E-state index >= 15 is 0 Å².